The molecule has 1 aliphatic rings. The van der Waals surface area contributed by atoms with Crippen molar-refractivity contribution < 1.29 is 25.2 Å². The maximum absolute atomic E-state index is 9.11. The maximum atomic E-state index is 9.11. The fourth-order valence-electron chi connectivity index (χ4n) is 1.07. The lowest BCUT2D eigenvalue weighted by molar-refractivity contribution is -0.0684. The van der Waals surface area contributed by atoms with Crippen molar-refractivity contribution in [3.05, 3.63) is 0 Å². The highest BCUT2D eigenvalue weighted by molar-refractivity contribution is 4.87. The summed E-state index contributed by atoms with van der Waals surface area (Å²) in [6.07, 6.45) is -4.05. The van der Waals surface area contributed by atoms with Crippen LogP contribution < -0.4 is 0 Å². The summed E-state index contributed by atoms with van der Waals surface area (Å²) in [6.45, 7) is -0.475. The van der Waals surface area contributed by atoms with Crippen molar-refractivity contribution in [2.45, 2.75) is 24.4 Å². The summed E-state index contributed by atoms with van der Waals surface area (Å²) >= 11 is 0. The summed E-state index contributed by atoms with van der Waals surface area (Å²) in [6, 6.07) is 0. The van der Waals surface area contributed by atoms with Crippen LogP contribution in [-0.4, -0.2) is 58.1 Å². The summed E-state index contributed by atoms with van der Waals surface area (Å²) in [5.41, 5.74) is 0. The third-order valence-electron chi connectivity index (χ3n) is 1.76. The van der Waals surface area contributed by atoms with Gasteiger partial charge in [-0.1, -0.05) is 0 Å². The van der Waals surface area contributed by atoms with Crippen LogP contribution in [-0.2, 0) is 4.74 Å². The normalized spacial score (nSPS) is 40.9. The van der Waals surface area contributed by atoms with Gasteiger partial charge in [0.15, 0.2) is 0 Å². The van der Waals surface area contributed by atoms with Crippen LogP contribution in [0, 0.1) is 0 Å². The number of aliphatic hydroxyl groups is 4. The highest BCUT2D eigenvalue weighted by Crippen LogP contribution is 2.16. The van der Waals surface area contributed by atoms with Gasteiger partial charge >= 0.3 is 0 Å². The molecule has 1 heterocycles. The molecule has 4 N–H and O–H groups in total. The highest BCUT2D eigenvalue weighted by atomic mass is 16.5. The molecule has 1 aliphatic heterocycles. The minimum Gasteiger partial charge on any atom is -0.394 e. The van der Waals surface area contributed by atoms with Gasteiger partial charge < -0.3 is 25.2 Å². The Morgan fingerprint density at radius 1 is 1.45 bits per heavy atom. The fraction of sp³-hybridized carbons (Fsp3) is 1.00. The van der Waals surface area contributed by atoms with Crippen molar-refractivity contribution in [1.82, 2.24) is 0 Å². The molecule has 1 saturated heterocycles. The molecule has 66 valence electrons. The Hall–Kier alpha value is -0.200. The first-order valence-electron chi connectivity index (χ1n) is 3.43. The quantitative estimate of drug-likeness (QED) is 0.361. The van der Waals surface area contributed by atoms with E-state index in [0.29, 0.717) is 0 Å². The molecule has 0 spiro atoms. The van der Waals surface area contributed by atoms with E-state index in [-0.39, 0.29) is 6.61 Å². The molecule has 0 bridgehead atoms. The summed E-state index contributed by atoms with van der Waals surface area (Å²) < 4.78 is 4.82. The van der Waals surface area contributed by atoms with Gasteiger partial charge in [0.05, 0.1) is 13.2 Å². The molecule has 0 aromatic rings. The molecule has 0 saturated carbocycles. The van der Waals surface area contributed by atoms with Crippen molar-refractivity contribution in [1.29, 1.82) is 0 Å². The zero-order valence-corrected chi connectivity index (χ0v) is 5.92. The first-order chi connectivity index (χ1) is 5.16. The first kappa shape index (κ1) is 8.89. The molecule has 1 unspecified atom stereocenters. The molecular weight excluding hydrogens is 152 g/mol. The highest BCUT2D eigenvalue weighted by Gasteiger charge is 2.38. The number of hydrogen-bond acceptors (Lipinski definition) is 5. The van der Waals surface area contributed by atoms with Crippen molar-refractivity contribution in [3.63, 3.8) is 0 Å². The molecule has 1 rings (SSSR count). The number of rotatable bonds is 2. The van der Waals surface area contributed by atoms with E-state index in [2.05, 4.69) is 0 Å². The van der Waals surface area contributed by atoms with Gasteiger partial charge in [0, 0.05) is 0 Å². The maximum Gasteiger partial charge on any atom is 0.114 e. The lowest BCUT2D eigenvalue weighted by atomic mass is 10.1. The van der Waals surface area contributed by atoms with Gasteiger partial charge in [0.1, 0.15) is 24.4 Å². The summed E-state index contributed by atoms with van der Waals surface area (Å²) in [4.78, 5) is 0. The topological polar surface area (TPSA) is 90.2 Å². The Morgan fingerprint density at radius 2 is 2.09 bits per heavy atom. The molecule has 0 aliphatic carbocycles. The lowest BCUT2D eigenvalue weighted by Gasteiger charge is -2.18. The minimum absolute atomic E-state index is 0.00287. The number of hydrogen-bond donors (Lipinski definition) is 4. The van der Waals surface area contributed by atoms with Crippen molar-refractivity contribution in [3.8, 4) is 0 Å². The molecule has 0 radical (unpaired) electrons. The third kappa shape index (κ3) is 1.69. The van der Waals surface area contributed by atoms with Crippen molar-refractivity contribution in [2.75, 3.05) is 13.2 Å². The van der Waals surface area contributed by atoms with Gasteiger partial charge in [0.2, 0.25) is 0 Å². The fourth-order valence-corrected chi connectivity index (χ4v) is 1.07. The summed E-state index contributed by atoms with van der Waals surface area (Å²) in [5, 5.41) is 35.5. The van der Waals surface area contributed by atoms with E-state index in [1.165, 1.54) is 0 Å². The predicted molar refractivity (Wildman–Crippen MR) is 34.8 cm³/mol. The van der Waals surface area contributed by atoms with Gasteiger partial charge in [-0.3, -0.25) is 0 Å². The van der Waals surface area contributed by atoms with Crippen LogP contribution in [0.25, 0.3) is 0 Å². The molecule has 5 heteroatoms. The van der Waals surface area contributed by atoms with Crippen LogP contribution in [0.4, 0.5) is 0 Å². The van der Waals surface area contributed by atoms with E-state index in [0.717, 1.165) is 0 Å². The van der Waals surface area contributed by atoms with Gasteiger partial charge in [-0.2, -0.15) is 0 Å². The Balaban J connectivity index is 2.47. The first-order valence-corrected chi connectivity index (χ1v) is 3.43. The molecule has 0 aromatic heterocycles. The van der Waals surface area contributed by atoms with Crippen molar-refractivity contribution >= 4 is 0 Å². The summed E-state index contributed by atoms with van der Waals surface area (Å²) in [5.74, 6) is 0. The van der Waals surface area contributed by atoms with E-state index < -0.39 is 31.0 Å². The predicted octanol–water partition coefficient (Wildman–Crippen LogP) is -2.54. The van der Waals surface area contributed by atoms with E-state index in [4.69, 9.17) is 25.2 Å². The molecule has 4 atom stereocenters. The molecule has 1 fully saturated rings. The van der Waals surface area contributed by atoms with Gasteiger partial charge in [-0.05, 0) is 0 Å². The zero-order valence-electron chi connectivity index (χ0n) is 5.92. The molecule has 11 heavy (non-hydrogen) atoms. The van der Waals surface area contributed by atoms with E-state index >= 15 is 0 Å². The summed E-state index contributed by atoms with van der Waals surface area (Å²) in [7, 11) is 0. The van der Waals surface area contributed by atoms with E-state index in [9.17, 15) is 0 Å². The SMILES string of the molecule is OC[C@@H](O)[C@@H]1OC[C@H](O)C1O. The molecule has 5 nitrogen and oxygen atoms in total. The lowest BCUT2D eigenvalue weighted by Crippen LogP contribution is -2.40. The van der Waals surface area contributed by atoms with Crippen molar-refractivity contribution in [2.24, 2.45) is 0 Å². The standard InChI is InChI=1S/C6H12O5/c7-1-3(8)6-5(10)4(9)2-11-6/h3-10H,1-2H2/t3-,4+,5?,6+/m1/s1. The molecular formula is C6H12O5. The second kappa shape index (κ2) is 3.46. The number of aliphatic hydroxyl groups excluding tert-OH is 4. The van der Waals surface area contributed by atoms with Gasteiger partial charge in [-0.15, -0.1) is 0 Å². The van der Waals surface area contributed by atoms with E-state index in [1.54, 1.807) is 0 Å². The second-order valence-electron chi connectivity index (χ2n) is 2.61. The average Bonchev–Trinajstić information content (AvgIpc) is 2.32. The Kier molecular flexibility index (Phi) is 2.80. The Labute approximate surface area is 63.8 Å². The molecule has 0 amide bonds. The van der Waals surface area contributed by atoms with Gasteiger partial charge in [-0.25, -0.2) is 0 Å². The minimum atomic E-state index is -1.12. The average molecular weight is 164 g/mol. The number of ether oxygens (including phenoxy) is 1. The van der Waals surface area contributed by atoms with E-state index in [1.807, 2.05) is 0 Å². The van der Waals surface area contributed by atoms with Crippen LogP contribution in [0.3, 0.4) is 0 Å². The third-order valence-corrected chi connectivity index (χ3v) is 1.76. The monoisotopic (exact) mass is 164 g/mol. The van der Waals surface area contributed by atoms with Crippen LogP contribution in [0.1, 0.15) is 0 Å². The molecule has 0 aromatic carbocycles. The van der Waals surface area contributed by atoms with Gasteiger partial charge in [0.25, 0.3) is 0 Å². The Bertz CT molecular complexity index is 128. The van der Waals surface area contributed by atoms with Crippen LogP contribution in [0.5, 0.6) is 0 Å². The Morgan fingerprint density at radius 3 is 2.45 bits per heavy atom. The van der Waals surface area contributed by atoms with Crippen LogP contribution in [0.15, 0.2) is 0 Å². The van der Waals surface area contributed by atoms with Crippen LogP contribution in [0.2, 0.25) is 0 Å². The largest absolute Gasteiger partial charge is 0.394 e. The van der Waals surface area contributed by atoms with Crippen LogP contribution >= 0.6 is 0 Å². The smallest absolute Gasteiger partial charge is 0.114 e. The zero-order chi connectivity index (χ0) is 8.43. The second-order valence-corrected chi connectivity index (χ2v) is 2.61.